The highest BCUT2D eigenvalue weighted by Gasteiger charge is 2.27. The molecule has 1 aromatic heterocycles. The number of rotatable bonds is 4. The summed E-state index contributed by atoms with van der Waals surface area (Å²) in [6.07, 6.45) is 2.66. The molecule has 7 nitrogen and oxygen atoms in total. The lowest BCUT2D eigenvalue weighted by Gasteiger charge is -2.32. The first-order chi connectivity index (χ1) is 9.40. The van der Waals surface area contributed by atoms with Crippen LogP contribution in [0.5, 0.6) is 0 Å². The number of hydrogen-bond acceptors (Lipinski definition) is 4. The summed E-state index contributed by atoms with van der Waals surface area (Å²) in [5.41, 5.74) is 0. The van der Waals surface area contributed by atoms with Gasteiger partial charge in [0, 0.05) is 33.2 Å². The number of carbonyl (C=O) groups is 1. The third-order valence-corrected chi connectivity index (χ3v) is 4.90. The van der Waals surface area contributed by atoms with Crippen molar-refractivity contribution in [2.24, 2.45) is 0 Å². The summed E-state index contributed by atoms with van der Waals surface area (Å²) in [5.74, 6) is 0.168. The average molecular weight is 301 g/mol. The fraction of sp³-hybridized carbons (Fsp3) is 0.583. The number of carbonyl (C=O) groups excluding carboxylic acids is 1. The number of nitrogens with one attached hydrogen (secondary N) is 1. The van der Waals surface area contributed by atoms with Gasteiger partial charge in [-0.2, -0.15) is 17.4 Å². The summed E-state index contributed by atoms with van der Waals surface area (Å²) in [5, 5.41) is 0. The summed E-state index contributed by atoms with van der Waals surface area (Å²) < 4.78 is 32.3. The van der Waals surface area contributed by atoms with Crippen molar-refractivity contribution in [2.45, 2.75) is 18.9 Å². The van der Waals surface area contributed by atoms with E-state index in [0.717, 1.165) is 4.31 Å². The topological polar surface area (TPSA) is 82.9 Å². The zero-order valence-corrected chi connectivity index (χ0v) is 12.4. The fourth-order valence-electron chi connectivity index (χ4n) is 2.07. The molecule has 2 heterocycles. The molecule has 1 aliphatic rings. The maximum Gasteiger partial charge on any atom is 0.289 e. The Kier molecular flexibility index (Phi) is 4.46. The Bertz CT molecular complexity index is 545. The van der Waals surface area contributed by atoms with Crippen molar-refractivity contribution in [3.05, 3.63) is 24.2 Å². The maximum absolute atomic E-state index is 12.0. The smallest absolute Gasteiger partial charge is 0.289 e. The summed E-state index contributed by atoms with van der Waals surface area (Å²) in [6, 6.07) is 3.16. The average Bonchev–Trinajstić information content (AvgIpc) is 2.92. The van der Waals surface area contributed by atoms with Crippen LogP contribution in [0.2, 0.25) is 0 Å². The lowest BCUT2D eigenvalue weighted by Crippen LogP contribution is -2.49. The largest absolute Gasteiger partial charge is 0.459 e. The van der Waals surface area contributed by atoms with Crippen LogP contribution in [0.4, 0.5) is 0 Å². The minimum atomic E-state index is -3.42. The molecular weight excluding hydrogens is 282 g/mol. The first kappa shape index (κ1) is 15.0. The van der Waals surface area contributed by atoms with Gasteiger partial charge < -0.3 is 9.32 Å². The van der Waals surface area contributed by atoms with Gasteiger partial charge >= 0.3 is 0 Å². The molecule has 0 radical (unpaired) electrons. The van der Waals surface area contributed by atoms with Crippen LogP contribution in [0.3, 0.4) is 0 Å². The molecule has 0 atom stereocenters. The minimum absolute atomic E-state index is 0.136. The highest BCUT2D eigenvalue weighted by molar-refractivity contribution is 7.87. The van der Waals surface area contributed by atoms with Gasteiger partial charge in [-0.1, -0.05) is 0 Å². The molecule has 1 aliphatic heterocycles. The second kappa shape index (κ2) is 5.94. The lowest BCUT2D eigenvalue weighted by atomic mass is 10.1. The third-order valence-electron chi connectivity index (χ3n) is 3.31. The quantitative estimate of drug-likeness (QED) is 0.866. The molecule has 0 aliphatic carbocycles. The highest BCUT2D eigenvalue weighted by atomic mass is 32.2. The van der Waals surface area contributed by atoms with Crippen LogP contribution < -0.4 is 4.72 Å². The van der Waals surface area contributed by atoms with Gasteiger partial charge in [-0.15, -0.1) is 0 Å². The zero-order valence-electron chi connectivity index (χ0n) is 11.6. The minimum Gasteiger partial charge on any atom is -0.459 e. The van der Waals surface area contributed by atoms with E-state index in [9.17, 15) is 13.2 Å². The first-order valence-corrected chi connectivity index (χ1v) is 7.87. The van der Waals surface area contributed by atoms with Crippen LogP contribution in [0, 0.1) is 0 Å². The number of piperidine rings is 1. The molecule has 0 bridgehead atoms. The fourth-order valence-corrected chi connectivity index (χ4v) is 2.94. The van der Waals surface area contributed by atoms with Crippen molar-refractivity contribution >= 4 is 16.1 Å². The lowest BCUT2D eigenvalue weighted by molar-refractivity contribution is 0.0679. The maximum atomic E-state index is 12.0. The second-order valence-electron chi connectivity index (χ2n) is 4.95. The SMILES string of the molecule is CN(C)S(=O)(=O)NC1CCN(C(=O)c2ccco2)CC1. The van der Waals surface area contributed by atoms with Crippen molar-refractivity contribution in [2.75, 3.05) is 27.2 Å². The Morgan fingerprint density at radius 3 is 2.55 bits per heavy atom. The van der Waals surface area contributed by atoms with Gasteiger partial charge in [0.1, 0.15) is 0 Å². The summed E-state index contributed by atoms with van der Waals surface area (Å²) in [4.78, 5) is 13.7. The normalized spacial score (nSPS) is 17.6. The molecule has 1 aromatic rings. The standard InChI is InChI=1S/C12H19N3O4S/c1-14(2)20(17,18)13-10-5-7-15(8-6-10)12(16)11-4-3-9-19-11/h3-4,9-10,13H,5-8H2,1-2H3. The zero-order chi connectivity index (χ0) is 14.8. The van der Waals surface area contributed by atoms with E-state index in [0.29, 0.717) is 31.7 Å². The summed E-state index contributed by atoms with van der Waals surface area (Å²) >= 11 is 0. The third kappa shape index (κ3) is 3.38. The molecule has 2 rings (SSSR count). The molecule has 0 aromatic carbocycles. The van der Waals surface area contributed by atoms with Crippen molar-refractivity contribution in [3.63, 3.8) is 0 Å². The molecule has 1 fully saturated rings. The number of furan rings is 1. The van der Waals surface area contributed by atoms with Gasteiger partial charge in [0.25, 0.3) is 16.1 Å². The molecule has 8 heteroatoms. The molecule has 0 unspecified atom stereocenters. The molecule has 1 saturated heterocycles. The van der Waals surface area contributed by atoms with E-state index in [4.69, 9.17) is 4.42 Å². The Morgan fingerprint density at radius 2 is 2.05 bits per heavy atom. The van der Waals surface area contributed by atoms with Gasteiger partial charge in [0.15, 0.2) is 5.76 Å². The van der Waals surface area contributed by atoms with Crippen molar-refractivity contribution in [3.8, 4) is 0 Å². The number of likely N-dealkylation sites (tertiary alicyclic amines) is 1. The van der Waals surface area contributed by atoms with Crippen LogP contribution in [-0.2, 0) is 10.2 Å². The van der Waals surface area contributed by atoms with E-state index in [1.54, 1.807) is 17.0 Å². The van der Waals surface area contributed by atoms with Crippen LogP contribution >= 0.6 is 0 Å². The van der Waals surface area contributed by atoms with Crippen molar-refractivity contribution in [1.82, 2.24) is 13.9 Å². The molecule has 1 N–H and O–H groups in total. The molecule has 0 saturated carbocycles. The number of hydrogen-bond donors (Lipinski definition) is 1. The second-order valence-corrected chi connectivity index (χ2v) is 6.87. The van der Waals surface area contributed by atoms with Crippen LogP contribution in [0.1, 0.15) is 23.4 Å². The van der Waals surface area contributed by atoms with Crippen LogP contribution in [0.25, 0.3) is 0 Å². The Labute approximate surface area is 118 Å². The summed E-state index contributed by atoms with van der Waals surface area (Å²) in [7, 11) is -0.449. The van der Waals surface area contributed by atoms with Crippen molar-refractivity contribution < 1.29 is 17.6 Å². The monoisotopic (exact) mass is 301 g/mol. The Hall–Kier alpha value is -1.38. The molecule has 0 spiro atoms. The van der Waals surface area contributed by atoms with Gasteiger partial charge in [0.2, 0.25) is 0 Å². The van der Waals surface area contributed by atoms with Gasteiger partial charge in [0.05, 0.1) is 6.26 Å². The van der Waals surface area contributed by atoms with Gasteiger partial charge in [-0.05, 0) is 25.0 Å². The van der Waals surface area contributed by atoms with E-state index >= 15 is 0 Å². The number of nitrogens with zero attached hydrogens (tertiary/aromatic N) is 2. The highest BCUT2D eigenvalue weighted by Crippen LogP contribution is 2.15. The van der Waals surface area contributed by atoms with E-state index in [-0.39, 0.29) is 11.9 Å². The van der Waals surface area contributed by atoms with Gasteiger partial charge in [-0.3, -0.25) is 4.79 Å². The van der Waals surface area contributed by atoms with Crippen LogP contribution in [0.15, 0.2) is 22.8 Å². The van der Waals surface area contributed by atoms with E-state index in [2.05, 4.69) is 4.72 Å². The first-order valence-electron chi connectivity index (χ1n) is 6.42. The van der Waals surface area contributed by atoms with E-state index in [1.807, 2.05) is 0 Å². The van der Waals surface area contributed by atoms with Crippen molar-refractivity contribution in [1.29, 1.82) is 0 Å². The molecule has 20 heavy (non-hydrogen) atoms. The number of amides is 1. The molecule has 112 valence electrons. The molecular formula is C12H19N3O4S. The van der Waals surface area contributed by atoms with Gasteiger partial charge in [-0.25, -0.2) is 0 Å². The van der Waals surface area contributed by atoms with Crippen LogP contribution in [-0.4, -0.2) is 56.8 Å². The predicted molar refractivity (Wildman–Crippen MR) is 73.4 cm³/mol. The van der Waals surface area contributed by atoms with E-state index in [1.165, 1.54) is 20.4 Å². The predicted octanol–water partition coefficient (Wildman–Crippen LogP) is 0.280. The summed E-state index contributed by atoms with van der Waals surface area (Å²) in [6.45, 7) is 1.03. The van der Waals surface area contributed by atoms with E-state index < -0.39 is 10.2 Å². The molecule has 1 amide bonds. The Morgan fingerprint density at radius 1 is 1.40 bits per heavy atom. The Balaban J connectivity index is 1.88.